The quantitative estimate of drug-likeness (QED) is 0.598. The highest BCUT2D eigenvalue weighted by atomic mass is 35.5. The van der Waals surface area contributed by atoms with Crippen molar-refractivity contribution in [1.82, 2.24) is 0 Å². The summed E-state index contributed by atoms with van der Waals surface area (Å²) >= 11 is 6.22. The van der Waals surface area contributed by atoms with Crippen molar-refractivity contribution >= 4 is 34.8 Å². The van der Waals surface area contributed by atoms with E-state index in [4.69, 9.17) is 16.7 Å². The summed E-state index contributed by atoms with van der Waals surface area (Å²) in [6, 6.07) is 12.8. The molecule has 2 atom stereocenters. The van der Waals surface area contributed by atoms with Gasteiger partial charge in [-0.2, -0.15) is 0 Å². The molecule has 0 unspecified atom stereocenters. The van der Waals surface area contributed by atoms with Crippen molar-refractivity contribution in [3.8, 4) is 0 Å². The fourth-order valence-corrected chi connectivity index (χ4v) is 4.81. The van der Waals surface area contributed by atoms with Gasteiger partial charge in [0.15, 0.2) is 5.60 Å². The Kier molecular flexibility index (Phi) is 6.88. The van der Waals surface area contributed by atoms with Crippen LogP contribution in [-0.2, 0) is 21.7 Å². The fraction of sp³-hybridized carbons (Fsp3) is 0.385. The number of anilines is 2. The number of piperidine rings is 1. The molecular formula is C26H29ClN2O4. The third-order valence-corrected chi connectivity index (χ3v) is 6.76. The van der Waals surface area contributed by atoms with Crippen LogP contribution in [0, 0.1) is 5.92 Å². The second kappa shape index (κ2) is 9.67. The maximum absolute atomic E-state index is 13.5. The maximum Gasteiger partial charge on any atom is 0.264 e. The largest absolute Gasteiger partial charge is 0.396 e. The van der Waals surface area contributed by atoms with Crippen molar-refractivity contribution in [2.24, 2.45) is 5.92 Å². The van der Waals surface area contributed by atoms with Crippen molar-refractivity contribution in [3.63, 3.8) is 0 Å². The lowest BCUT2D eigenvalue weighted by Gasteiger charge is -2.28. The Hall–Kier alpha value is -2.67. The van der Waals surface area contributed by atoms with E-state index in [1.165, 1.54) is 0 Å². The average molecular weight is 469 g/mol. The maximum atomic E-state index is 13.5. The number of carbonyl (C=O) groups excluding carboxylic acids is 2. The Morgan fingerprint density at radius 2 is 1.91 bits per heavy atom. The number of amides is 2. The second-order valence-electron chi connectivity index (χ2n) is 8.72. The molecule has 7 heteroatoms. The van der Waals surface area contributed by atoms with E-state index in [1.807, 2.05) is 29.2 Å². The van der Waals surface area contributed by atoms with Crippen LogP contribution in [-0.4, -0.2) is 35.2 Å². The SMILES string of the molecule is C[C@H](/C=C/CCO)[C@@]1(O)C(=O)N(Cc2ccc(N3CCCCC3=O)cc2)c2ccc(Cl)cc21. The minimum atomic E-state index is -1.74. The molecule has 2 aromatic carbocycles. The Balaban J connectivity index is 1.61. The smallest absolute Gasteiger partial charge is 0.264 e. The summed E-state index contributed by atoms with van der Waals surface area (Å²) in [5.41, 5.74) is 1.13. The van der Waals surface area contributed by atoms with Crippen LogP contribution < -0.4 is 9.80 Å². The number of benzene rings is 2. The lowest BCUT2D eigenvalue weighted by Crippen LogP contribution is -2.44. The van der Waals surface area contributed by atoms with Crippen LogP contribution in [0.15, 0.2) is 54.6 Å². The number of carbonyl (C=O) groups is 2. The number of rotatable bonds is 7. The van der Waals surface area contributed by atoms with E-state index in [2.05, 4.69) is 0 Å². The van der Waals surface area contributed by atoms with Crippen molar-refractivity contribution in [2.75, 3.05) is 23.0 Å². The van der Waals surface area contributed by atoms with E-state index in [0.717, 1.165) is 30.6 Å². The molecule has 6 nitrogen and oxygen atoms in total. The molecule has 4 rings (SSSR count). The third kappa shape index (κ3) is 4.43. The first-order valence-electron chi connectivity index (χ1n) is 11.4. The first-order valence-corrected chi connectivity index (χ1v) is 11.7. The van der Waals surface area contributed by atoms with Gasteiger partial charge in [-0.15, -0.1) is 0 Å². The average Bonchev–Trinajstić information content (AvgIpc) is 3.02. The fourth-order valence-electron chi connectivity index (χ4n) is 4.63. The summed E-state index contributed by atoms with van der Waals surface area (Å²) < 4.78 is 0. The Morgan fingerprint density at radius 1 is 1.15 bits per heavy atom. The number of halogens is 1. The first kappa shape index (κ1) is 23.5. The number of hydrogen-bond donors (Lipinski definition) is 2. The van der Waals surface area contributed by atoms with E-state index >= 15 is 0 Å². The van der Waals surface area contributed by atoms with E-state index in [-0.39, 0.29) is 19.1 Å². The van der Waals surface area contributed by atoms with Gasteiger partial charge in [-0.05, 0) is 55.2 Å². The Morgan fingerprint density at radius 3 is 2.61 bits per heavy atom. The summed E-state index contributed by atoms with van der Waals surface area (Å²) in [4.78, 5) is 29.1. The standard InChI is InChI=1S/C26H29ClN2O4/c1-18(6-3-5-15-30)26(33)22-16-20(27)10-13-23(22)29(25(26)32)17-19-8-11-21(12-9-19)28-14-4-2-7-24(28)31/h3,6,8-13,16,18,30,33H,2,4-5,7,14-15,17H2,1H3/b6-3+/t18-,26+/m1/s1. The van der Waals surface area contributed by atoms with Crippen LogP contribution in [0.5, 0.6) is 0 Å². The van der Waals surface area contributed by atoms with Gasteiger partial charge < -0.3 is 20.0 Å². The summed E-state index contributed by atoms with van der Waals surface area (Å²) in [6.45, 7) is 2.80. The summed E-state index contributed by atoms with van der Waals surface area (Å²) in [7, 11) is 0. The van der Waals surface area contributed by atoms with Crippen LogP contribution in [0.2, 0.25) is 5.02 Å². The number of aliphatic hydroxyl groups excluding tert-OH is 1. The Bertz CT molecular complexity index is 1070. The predicted molar refractivity (Wildman–Crippen MR) is 129 cm³/mol. The van der Waals surface area contributed by atoms with Crippen molar-refractivity contribution in [2.45, 2.75) is 44.8 Å². The van der Waals surface area contributed by atoms with Gasteiger partial charge in [0.1, 0.15) is 0 Å². The molecule has 2 aliphatic heterocycles. The third-order valence-electron chi connectivity index (χ3n) is 6.52. The summed E-state index contributed by atoms with van der Waals surface area (Å²) in [5.74, 6) is -0.773. The number of fused-ring (bicyclic) bond motifs is 1. The van der Waals surface area contributed by atoms with Crippen LogP contribution in [0.3, 0.4) is 0 Å². The highest BCUT2D eigenvalue weighted by Crippen LogP contribution is 2.46. The molecule has 2 aliphatic rings. The van der Waals surface area contributed by atoms with Gasteiger partial charge >= 0.3 is 0 Å². The second-order valence-corrected chi connectivity index (χ2v) is 9.15. The minimum absolute atomic E-state index is 0.00313. The van der Waals surface area contributed by atoms with E-state index in [0.29, 0.717) is 29.1 Å². The molecule has 2 heterocycles. The molecule has 2 amide bonds. The van der Waals surface area contributed by atoms with Crippen molar-refractivity contribution in [1.29, 1.82) is 0 Å². The van der Waals surface area contributed by atoms with Crippen LogP contribution in [0.1, 0.15) is 43.7 Å². The molecular weight excluding hydrogens is 440 g/mol. The topological polar surface area (TPSA) is 81.1 Å². The van der Waals surface area contributed by atoms with Gasteiger partial charge in [-0.25, -0.2) is 0 Å². The zero-order valence-corrected chi connectivity index (χ0v) is 19.5. The lowest BCUT2D eigenvalue weighted by molar-refractivity contribution is -0.139. The monoisotopic (exact) mass is 468 g/mol. The van der Waals surface area contributed by atoms with Crippen LogP contribution >= 0.6 is 11.6 Å². The highest BCUT2D eigenvalue weighted by molar-refractivity contribution is 6.31. The molecule has 0 spiro atoms. The normalized spacial score (nSPS) is 21.7. The Labute approximate surface area is 199 Å². The molecule has 0 bridgehead atoms. The predicted octanol–water partition coefficient (Wildman–Crippen LogP) is 4.17. The molecule has 0 saturated carbocycles. The molecule has 0 aliphatic carbocycles. The molecule has 1 saturated heterocycles. The zero-order chi connectivity index (χ0) is 23.6. The molecule has 174 valence electrons. The number of hydrogen-bond acceptors (Lipinski definition) is 4. The molecule has 33 heavy (non-hydrogen) atoms. The van der Waals surface area contributed by atoms with Gasteiger partial charge in [-0.1, -0.05) is 42.8 Å². The number of nitrogens with zero attached hydrogens (tertiary/aromatic N) is 2. The molecule has 2 aromatic rings. The van der Waals surface area contributed by atoms with E-state index in [9.17, 15) is 14.7 Å². The number of aliphatic hydroxyl groups is 2. The van der Waals surface area contributed by atoms with Gasteiger partial charge in [0.25, 0.3) is 5.91 Å². The van der Waals surface area contributed by atoms with E-state index in [1.54, 1.807) is 42.2 Å². The summed E-state index contributed by atoms with van der Waals surface area (Å²) in [5, 5.41) is 21.1. The van der Waals surface area contributed by atoms with Gasteiger partial charge in [0, 0.05) is 41.8 Å². The molecule has 1 fully saturated rings. The molecule has 0 aromatic heterocycles. The van der Waals surface area contributed by atoms with Crippen molar-refractivity contribution in [3.05, 3.63) is 70.8 Å². The van der Waals surface area contributed by atoms with E-state index < -0.39 is 17.4 Å². The van der Waals surface area contributed by atoms with Crippen LogP contribution in [0.25, 0.3) is 0 Å². The summed E-state index contributed by atoms with van der Waals surface area (Å²) in [6.07, 6.45) is 6.48. The minimum Gasteiger partial charge on any atom is -0.396 e. The van der Waals surface area contributed by atoms with Crippen LogP contribution in [0.4, 0.5) is 11.4 Å². The van der Waals surface area contributed by atoms with Gasteiger partial charge in [0.05, 0.1) is 12.2 Å². The molecule has 0 radical (unpaired) electrons. The van der Waals surface area contributed by atoms with Gasteiger partial charge in [0.2, 0.25) is 5.91 Å². The van der Waals surface area contributed by atoms with Gasteiger partial charge in [-0.3, -0.25) is 9.59 Å². The highest BCUT2D eigenvalue weighted by Gasteiger charge is 2.52. The lowest BCUT2D eigenvalue weighted by atomic mass is 9.83. The zero-order valence-electron chi connectivity index (χ0n) is 18.7. The molecule has 2 N–H and O–H groups in total. The van der Waals surface area contributed by atoms with Crippen molar-refractivity contribution < 1.29 is 19.8 Å². The first-order chi connectivity index (χ1) is 15.9.